The average Bonchev–Trinajstić information content (AvgIpc) is 2.73. The third-order valence-electron chi connectivity index (χ3n) is 3.52. The summed E-state index contributed by atoms with van der Waals surface area (Å²) in [5.74, 6) is 0.836. The second kappa shape index (κ2) is 5.63. The minimum Gasteiger partial charge on any atom is -0.496 e. The van der Waals surface area contributed by atoms with E-state index in [4.69, 9.17) is 4.74 Å². The van der Waals surface area contributed by atoms with E-state index in [0.29, 0.717) is 6.42 Å². The van der Waals surface area contributed by atoms with Gasteiger partial charge in [0.2, 0.25) is 0 Å². The van der Waals surface area contributed by atoms with Crippen molar-refractivity contribution in [1.29, 1.82) is 0 Å². The standard InChI is InChI=1S/C15H21N3O2/c1-9-8-16-12(11(3)15(9)20-5)7-14(19)13-6-10(2)17-18(13)4/h6,8,14,19H,7H2,1-5H3. The van der Waals surface area contributed by atoms with Crippen molar-refractivity contribution >= 4 is 0 Å². The molecule has 1 N–H and O–H groups in total. The maximum atomic E-state index is 10.4. The molecular weight excluding hydrogens is 254 g/mol. The Morgan fingerprint density at radius 2 is 2.05 bits per heavy atom. The van der Waals surface area contributed by atoms with Crippen LogP contribution in [0.5, 0.6) is 5.75 Å². The SMILES string of the molecule is COc1c(C)cnc(CC(O)c2cc(C)nn2C)c1C. The summed E-state index contributed by atoms with van der Waals surface area (Å²) in [6, 6.07) is 1.89. The normalized spacial score (nSPS) is 12.5. The van der Waals surface area contributed by atoms with Crippen LogP contribution in [0.15, 0.2) is 12.3 Å². The highest BCUT2D eigenvalue weighted by molar-refractivity contribution is 5.41. The zero-order chi connectivity index (χ0) is 14.9. The fourth-order valence-electron chi connectivity index (χ4n) is 2.51. The number of nitrogens with zero attached hydrogens (tertiary/aromatic N) is 3. The number of hydrogen-bond donors (Lipinski definition) is 1. The number of hydrogen-bond acceptors (Lipinski definition) is 4. The summed E-state index contributed by atoms with van der Waals surface area (Å²) in [5.41, 5.74) is 4.51. The van der Waals surface area contributed by atoms with Gasteiger partial charge in [-0.25, -0.2) is 0 Å². The van der Waals surface area contributed by atoms with Crippen LogP contribution in [0.25, 0.3) is 0 Å². The molecule has 1 unspecified atom stereocenters. The number of methoxy groups -OCH3 is 1. The van der Waals surface area contributed by atoms with E-state index >= 15 is 0 Å². The van der Waals surface area contributed by atoms with Crippen LogP contribution in [-0.2, 0) is 13.5 Å². The predicted molar refractivity (Wildman–Crippen MR) is 76.9 cm³/mol. The summed E-state index contributed by atoms with van der Waals surface area (Å²) in [5, 5.41) is 14.6. The zero-order valence-electron chi connectivity index (χ0n) is 12.6. The topological polar surface area (TPSA) is 60.2 Å². The van der Waals surface area contributed by atoms with Crippen LogP contribution in [0.1, 0.15) is 34.3 Å². The van der Waals surface area contributed by atoms with Gasteiger partial charge in [0.05, 0.1) is 18.5 Å². The molecule has 0 bridgehead atoms. The van der Waals surface area contributed by atoms with Crippen molar-refractivity contribution in [2.45, 2.75) is 33.3 Å². The highest BCUT2D eigenvalue weighted by Crippen LogP contribution is 2.27. The van der Waals surface area contributed by atoms with Crippen LogP contribution in [-0.4, -0.2) is 27.0 Å². The van der Waals surface area contributed by atoms with Crippen LogP contribution >= 0.6 is 0 Å². The first-order valence-corrected chi connectivity index (χ1v) is 6.61. The number of rotatable bonds is 4. The summed E-state index contributed by atoms with van der Waals surface area (Å²) in [4.78, 5) is 4.42. The quantitative estimate of drug-likeness (QED) is 0.927. The van der Waals surface area contributed by atoms with Crippen molar-refractivity contribution in [3.05, 3.63) is 40.5 Å². The van der Waals surface area contributed by atoms with Crippen molar-refractivity contribution in [3.63, 3.8) is 0 Å². The minimum atomic E-state index is -0.625. The Kier molecular flexibility index (Phi) is 4.09. The van der Waals surface area contributed by atoms with E-state index in [9.17, 15) is 5.11 Å². The summed E-state index contributed by atoms with van der Waals surface area (Å²) >= 11 is 0. The Morgan fingerprint density at radius 3 is 2.60 bits per heavy atom. The molecule has 2 rings (SSSR count). The van der Waals surface area contributed by atoms with Crippen LogP contribution in [0.2, 0.25) is 0 Å². The van der Waals surface area contributed by atoms with E-state index in [-0.39, 0.29) is 0 Å². The van der Waals surface area contributed by atoms with Crippen molar-refractivity contribution in [2.75, 3.05) is 7.11 Å². The summed E-state index contributed by atoms with van der Waals surface area (Å²) in [6.07, 6.45) is 1.60. The van der Waals surface area contributed by atoms with Gasteiger partial charge in [-0.3, -0.25) is 9.67 Å². The summed E-state index contributed by atoms with van der Waals surface area (Å²) in [7, 11) is 3.49. The van der Waals surface area contributed by atoms with Gasteiger partial charge in [-0.1, -0.05) is 0 Å². The van der Waals surface area contributed by atoms with Crippen LogP contribution < -0.4 is 4.74 Å². The molecule has 0 saturated carbocycles. The van der Waals surface area contributed by atoms with Gasteiger partial charge in [0.15, 0.2) is 0 Å². The largest absolute Gasteiger partial charge is 0.496 e. The fraction of sp³-hybridized carbons (Fsp3) is 0.467. The lowest BCUT2D eigenvalue weighted by Gasteiger charge is -2.15. The molecule has 2 aromatic heterocycles. The van der Waals surface area contributed by atoms with E-state index in [2.05, 4.69) is 10.1 Å². The van der Waals surface area contributed by atoms with E-state index in [1.807, 2.05) is 33.9 Å². The van der Waals surface area contributed by atoms with Gasteiger partial charge in [0.25, 0.3) is 0 Å². The monoisotopic (exact) mass is 275 g/mol. The van der Waals surface area contributed by atoms with Crippen molar-refractivity contribution in [2.24, 2.45) is 7.05 Å². The molecule has 0 amide bonds. The molecule has 0 spiro atoms. The maximum absolute atomic E-state index is 10.4. The fourth-order valence-corrected chi connectivity index (χ4v) is 2.51. The number of ether oxygens (including phenoxy) is 1. The van der Waals surface area contributed by atoms with Gasteiger partial charge in [-0.15, -0.1) is 0 Å². The Bertz CT molecular complexity index is 620. The Morgan fingerprint density at radius 1 is 1.35 bits per heavy atom. The van der Waals surface area contributed by atoms with Crippen molar-refractivity contribution in [3.8, 4) is 5.75 Å². The molecule has 2 heterocycles. The molecule has 0 aliphatic carbocycles. The molecule has 0 radical (unpaired) electrons. The lowest BCUT2D eigenvalue weighted by molar-refractivity contribution is 0.167. The molecule has 0 aliphatic heterocycles. The zero-order valence-corrected chi connectivity index (χ0v) is 12.6. The summed E-state index contributed by atoms with van der Waals surface area (Å²) in [6.45, 7) is 5.84. The third kappa shape index (κ3) is 2.67. The Labute approximate surface area is 119 Å². The number of aryl methyl sites for hydroxylation is 3. The second-order valence-electron chi connectivity index (χ2n) is 5.10. The molecule has 20 heavy (non-hydrogen) atoms. The Balaban J connectivity index is 2.28. The molecule has 1 atom stereocenters. The highest BCUT2D eigenvalue weighted by Gasteiger charge is 2.17. The first-order valence-electron chi connectivity index (χ1n) is 6.61. The van der Waals surface area contributed by atoms with E-state index in [1.54, 1.807) is 18.0 Å². The lowest BCUT2D eigenvalue weighted by Crippen LogP contribution is -2.10. The van der Waals surface area contributed by atoms with E-state index in [1.165, 1.54) is 0 Å². The molecule has 5 nitrogen and oxygen atoms in total. The number of pyridine rings is 1. The molecule has 2 aromatic rings. The molecule has 0 aliphatic rings. The van der Waals surface area contributed by atoms with E-state index < -0.39 is 6.10 Å². The van der Waals surface area contributed by atoms with Gasteiger partial charge in [0.1, 0.15) is 11.9 Å². The first-order chi connectivity index (χ1) is 9.43. The van der Waals surface area contributed by atoms with Gasteiger partial charge in [0, 0.05) is 36.5 Å². The van der Waals surface area contributed by atoms with Crippen LogP contribution in [0.4, 0.5) is 0 Å². The average molecular weight is 275 g/mol. The van der Waals surface area contributed by atoms with Gasteiger partial charge >= 0.3 is 0 Å². The molecule has 5 heteroatoms. The van der Waals surface area contributed by atoms with Crippen molar-refractivity contribution < 1.29 is 9.84 Å². The minimum absolute atomic E-state index is 0.446. The predicted octanol–water partition coefficient (Wildman–Crippen LogP) is 2.03. The number of aliphatic hydroxyl groups is 1. The van der Waals surface area contributed by atoms with E-state index in [0.717, 1.165) is 34.0 Å². The molecule has 108 valence electrons. The maximum Gasteiger partial charge on any atom is 0.128 e. The number of aliphatic hydroxyl groups excluding tert-OH is 1. The van der Waals surface area contributed by atoms with Gasteiger partial charge in [-0.05, 0) is 26.8 Å². The van der Waals surface area contributed by atoms with Gasteiger partial charge in [-0.2, -0.15) is 5.10 Å². The number of aromatic nitrogens is 3. The smallest absolute Gasteiger partial charge is 0.128 e. The molecule has 0 saturated heterocycles. The lowest BCUT2D eigenvalue weighted by atomic mass is 10.0. The molecular formula is C15H21N3O2. The van der Waals surface area contributed by atoms with Gasteiger partial charge < -0.3 is 9.84 Å². The summed E-state index contributed by atoms with van der Waals surface area (Å²) < 4.78 is 7.10. The molecule has 0 fully saturated rings. The Hall–Kier alpha value is -1.88. The highest BCUT2D eigenvalue weighted by atomic mass is 16.5. The second-order valence-corrected chi connectivity index (χ2v) is 5.10. The van der Waals surface area contributed by atoms with Crippen molar-refractivity contribution in [1.82, 2.24) is 14.8 Å². The first kappa shape index (κ1) is 14.5. The molecule has 0 aromatic carbocycles. The van der Waals surface area contributed by atoms with Crippen LogP contribution in [0, 0.1) is 20.8 Å². The third-order valence-corrected chi connectivity index (χ3v) is 3.52. The van der Waals surface area contributed by atoms with Crippen LogP contribution in [0.3, 0.4) is 0 Å².